The van der Waals surface area contributed by atoms with E-state index in [0.717, 1.165) is 10.0 Å². The first-order valence-corrected chi connectivity index (χ1v) is 8.92. The van der Waals surface area contributed by atoms with Gasteiger partial charge in [0.05, 0.1) is 5.56 Å². The first-order chi connectivity index (χ1) is 12.3. The molecule has 1 amide bonds. The van der Waals surface area contributed by atoms with Gasteiger partial charge in [0.15, 0.2) is 0 Å². The second-order valence-corrected chi connectivity index (χ2v) is 7.38. The average molecular weight is 373 g/mol. The molecule has 3 aromatic rings. The Morgan fingerprint density at radius 2 is 1.77 bits per heavy atom. The highest BCUT2D eigenvalue weighted by molar-refractivity contribution is 7.90. The summed E-state index contributed by atoms with van der Waals surface area (Å²) in [5, 5.41) is 11.7. The maximum atomic E-state index is 12.6. The van der Waals surface area contributed by atoms with E-state index in [9.17, 15) is 18.0 Å². The third kappa shape index (κ3) is 3.24. The maximum Gasteiger partial charge on any atom is 0.352 e. The van der Waals surface area contributed by atoms with Gasteiger partial charge in [-0.1, -0.05) is 18.2 Å². The van der Waals surface area contributed by atoms with E-state index in [0.29, 0.717) is 5.69 Å². The summed E-state index contributed by atoms with van der Waals surface area (Å²) in [6.07, 6.45) is 3.63. The lowest BCUT2D eigenvalue weighted by Crippen LogP contribution is -2.13. The minimum atomic E-state index is -4.01. The van der Waals surface area contributed by atoms with Crippen LogP contribution < -0.4 is 5.32 Å². The smallest absolute Gasteiger partial charge is 0.352 e. The van der Waals surface area contributed by atoms with Gasteiger partial charge < -0.3 is 15.0 Å². The van der Waals surface area contributed by atoms with Crippen molar-refractivity contribution in [2.45, 2.75) is 4.90 Å². The summed E-state index contributed by atoms with van der Waals surface area (Å²) in [5.41, 5.74) is 0.590. The SMILES string of the molecule is Cn1cc(S(=O)(=O)n2ccc(C(=O)Nc3ccccc3)c2)cc1C(=O)O. The number of aromatic carboxylic acids is 1. The minimum Gasteiger partial charge on any atom is -0.477 e. The van der Waals surface area contributed by atoms with Gasteiger partial charge in [-0.2, -0.15) is 0 Å². The van der Waals surface area contributed by atoms with Crippen LogP contribution in [0.2, 0.25) is 0 Å². The van der Waals surface area contributed by atoms with E-state index < -0.39 is 21.9 Å². The van der Waals surface area contributed by atoms with Crippen molar-refractivity contribution in [3.05, 3.63) is 72.3 Å². The number of hydrogen-bond donors (Lipinski definition) is 2. The summed E-state index contributed by atoms with van der Waals surface area (Å²) in [5.74, 6) is -1.69. The van der Waals surface area contributed by atoms with E-state index in [1.807, 2.05) is 6.07 Å². The second kappa shape index (κ2) is 6.52. The number of carbonyl (C=O) groups is 2. The lowest BCUT2D eigenvalue weighted by molar-refractivity contribution is 0.0686. The molecule has 0 aliphatic heterocycles. The van der Waals surface area contributed by atoms with E-state index in [1.165, 1.54) is 36.3 Å². The van der Waals surface area contributed by atoms with E-state index in [1.54, 1.807) is 24.3 Å². The number of nitrogens with one attached hydrogen (secondary N) is 1. The number of aromatic nitrogens is 2. The van der Waals surface area contributed by atoms with Crippen molar-refractivity contribution >= 4 is 27.6 Å². The van der Waals surface area contributed by atoms with Crippen LogP contribution in [0.3, 0.4) is 0 Å². The fourth-order valence-electron chi connectivity index (χ4n) is 2.40. The Morgan fingerprint density at radius 3 is 2.38 bits per heavy atom. The minimum absolute atomic E-state index is 0.155. The molecule has 9 heteroatoms. The zero-order valence-electron chi connectivity index (χ0n) is 13.7. The van der Waals surface area contributed by atoms with Crippen LogP contribution in [0, 0.1) is 0 Å². The van der Waals surface area contributed by atoms with E-state index in [4.69, 9.17) is 5.11 Å². The summed E-state index contributed by atoms with van der Waals surface area (Å²) in [7, 11) is -2.57. The molecule has 0 spiro atoms. The third-order valence-corrected chi connectivity index (χ3v) is 5.34. The summed E-state index contributed by atoms with van der Waals surface area (Å²) in [4.78, 5) is 23.1. The molecular weight excluding hydrogens is 358 g/mol. The lowest BCUT2D eigenvalue weighted by Gasteiger charge is -2.04. The number of nitrogens with zero attached hydrogens (tertiary/aromatic N) is 2. The van der Waals surface area contributed by atoms with Crippen LogP contribution in [0.15, 0.2) is 66.0 Å². The second-order valence-electron chi connectivity index (χ2n) is 5.53. The Hall–Kier alpha value is -3.33. The molecule has 0 saturated heterocycles. The Balaban J connectivity index is 1.87. The van der Waals surface area contributed by atoms with Gasteiger partial charge in [-0.3, -0.25) is 4.79 Å². The van der Waals surface area contributed by atoms with Gasteiger partial charge in [-0.15, -0.1) is 0 Å². The van der Waals surface area contributed by atoms with Crippen molar-refractivity contribution in [3.8, 4) is 0 Å². The molecule has 26 heavy (non-hydrogen) atoms. The summed E-state index contributed by atoms with van der Waals surface area (Å²) in [6, 6.07) is 11.2. The first kappa shape index (κ1) is 17.5. The molecule has 0 saturated carbocycles. The Bertz CT molecular complexity index is 1080. The molecule has 0 unspecified atom stereocenters. The Morgan fingerprint density at radius 1 is 1.08 bits per heavy atom. The average Bonchev–Trinajstić information content (AvgIpc) is 3.23. The molecule has 0 atom stereocenters. The molecule has 2 aromatic heterocycles. The molecule has 0 aliphatic rings. The first-order valence-electron chi connectivity index (χ1n) is 7.48. The van der Waals surface area contributed by atoms with Crippen LogP contribution >= 0.6 is 0 Å². The quantitative estimate of drug-likeness (QED) is 0.711. The van der Waals surface area contributed by atoms with Gasteiger partial charge in [0.1, 0.15) is 10.6 Å². The number of rotatable bonds is 5. The highest BCUT2D eigenvalue weighted by atomic mass is 32.2. The van der Waals surface area contributed by atoms with Gasteiger partial charge in [-0.25, -0.2) is 17.2 Å². The topological polar surface area (TPSA) is 110 Å². The van der Waals surface area contributed by atoms with Gasteiger partial charge in [-0.05, 0) is 24.3 Å². The largest absolute Gasteiger partial charge is 0.477 e. The van der Waals surface area contributed by atoms with Gasteiger partial charge in [0.25, 0.3) is 15.9 Å². The van der Waals surface area contributed by atoms with Crippen molar-refractivity contribution in [2.24, 2.45) is 7.05 Å². The van der Waals surface area contributed by atoms with Gasteiger partial charge in [0, 0.05) is 31.3 Å². The maximum absolute atomic E-state index is 12.6. The summed E-state index contributed by atoms with van der Waals surface area (Å²) in [6.45, 7) is 0. The van der Waals surface area contributed by atoms with Crippen LogP contribution in [0.25, 0.3) is 0 Å². The predicted octanol–water partition coefficient (Wildman–Crippen LogP) is 2.01. The molecule has 8 nitrogen and oxygen atoms in total. The molecule has 1 aromatic carbocycles. The number of amides is 1. The van der Waals surface area contributed by atoms with Gasteiger partial charge >= 0.3 is 5.97 Å². The van der Waals surface area contributed by atoms with Crippen LogP contribution in [-0.4, -0.2) is 33.9 Å². The normalized spacial score (nSPS) is 11.3. The molecule has 2 heterocycles. The van der Waals surface area contributed by atoms with Crippen molar-refractivity contribution in [1.29, 1.82) is 0 Å². The fraction of sp³-hybridized carbons (Fsp3) is 0.0588. The molecule has 0 radical (unpaired) electrons. The van der Waals surface area contributed by atoms with Crippen molar-refractivity contribution in [3.63, 3.8) is 0 Å². The monoisotopic (exact) mass is 373 g/mol. The number of para-hydroxylation sites is 1. The molecule has 3 rings (SSSR count). The van der Waals surface area contributed by atoms with E-state index >= 15 is 0 Å². The highest BCUT2D eigenvalue weighted by Gasteiger charge is 2.23. The van der Waals surface area contributed by atoms with Gasteiger partial charge in [0.2, 0.25) is 0 Å². The third-order valence-electron chi connectivity index (χ3n) is 3.74. The number of carboxylic acids is 1. The summed E-state index contributed by atoms with van der Waals surface area (Å²) < 4.78 is 27.4. The molecule has 0 aliphatic carbocycles. The van der Waals surface area contributed by atoms with E-state index in [-0.39, 0.29) is 16.2 Å². The lowest BCUT2D eigenvalue weighted by atomic mass is 10.3. The molecule has 2 N–H and O–H groups in total. The molecule has 134 valence electrons. The van der Waals surface area contributed by atoms with Crippen LogP contribution in [0.5, 0.6) is 0 Å². The van der Waals surface area contributed by atoms with E-state index in [2.05, 4.69) is 5.32 Å². The number of carboxylic acid groups (broad SMARTS) is 1. The number of hydrogen-bond acceptors (Lipinski definition) is 4. The predicted molar refractivity (Wildman–Crippen MR) is 93.8 cm³/mol. The number of carbonyl (C=O) groups excluding carboxylic acids is 1. The van der Waals surface area contributed by atoms with Crippen LogP contribution in [0.1, 0.15) is 20.8 Å². The number of benzene rings is 1. The number of anilines is 1. The van der Waals surface area contributed by atoms with Crippen molar-refractivity contribution < 1.29 is 23.1 Å². The summed E-state index contributed by atoms with van der Waals surface area (Å²) >= 11 is 0. The molecule has 0 bridgehead atoms. The zero-order chi connectivity index (χ0) is 18.9. The number of aryl methyl sites for hydroxylation is 1. The molecule has 0 fully saturated rings. The zero-order valence-corrected chi connectivity index (χ0v) is 14.5. The highest BCUT2D eigenvalue weighted by Crippen LogP contribution is 2.19. The van der Waals surface area contributed by atoms with Crippen LogP contribution in [-0.2, 0) is 17.1 Å². The van der Waals surface area contributed by atoms with Crippen molar-refractivity contribution in [1.82, 2.24) is 8.54 Å². The van der Waals surface area contributed by atoms with Crippen molar-refractivity contribution in [2.75, 3.05) is 5.32 Å². The Labute approximate surface area is 149 Å². The standard InChI is InChI=1S/C17H15N3O5S/c1-19-11-14(9-15(19)17(22)23)26(24,25)20-8-7-12(10-20)16(21)18-13-5-3-2-4-6-13/h2-11H,1H3,(H,18,21)(H,22,23). The fourth-order valence-corrected chi connectivity index (χ4v) is 3.66. The van der Waals surface area contributed by atoms with Crippen LogP contribution in [0.4, 0.5) is 5.69 Å². The Kier molecular flexibility index (Phi) is 4.39. The molecular formula is C17H15N3O5S.